The summed E-state index contributed by atoms with van der Waals surface area (Å²) in [5.41, 5.74) is 3.20. The minimum Gasteiger partial charge on any atom is -0.504 e. The molecule has 3 aliphatic rings. The van der Waals surface area contributed by atoms with Crippen molar-refractivity contribution in [2.75, 3.05) is 13.2 Å². The lowest BCUT2D eigenvalue weighted by Crippen LogP contribution is -2.17. The first-order chi connectivity index (χ1) is 17.1. The summed E-state index contributed by atoms with van der Waals surface area (Å²) in [6.07, 6.45) is 18.5. The molecule has 2 unspecified atom stereocenters. The van der Waals surface area contributed by atoms with Crippen LogP contribution in [-0.2, 0) is 6.42 Å². The Hall–Kier alpha value is -2.37. The summed E-state index contributed by atoms with van der Waals surface area (Å²) in [5.74, 6) is 3.41. The van der Waals surface area contributed by atoms with Crippen molar-refractivity contribution in [3.8, 4) is 11.5 Å². The van der Waals surface area contributed by atoms with Gasteiger partial charge in [-0.3, -0.25) is 0 Å². The molecule has 1 aromatic rings. The summed E-state index contributed by atoms with van der Waals surface area (Å²) < 4.78 is 10.8. The van der Waals surface area contributed by atoms with E-state index in [2.05, 4.69) is 31.0 Å². The van der Waals surface area contributed by atoms with Crippen molar-refractivity contribution in [2.24, 2.45) is 16.8 Å². The summed E-state index contributed by atoms with van der Waals surface area (Å²) in [7, 11) is 0. The highest BCUT2D eigenvalue weighted by Crippen LogP contribution is 2.38. The zero-order valence-corrected chi connectivity index (χ0v) is 21.4. The molecule has 0 aromatic heterocycles. The second-order valence-corrected chi connectivity index (χ2v) is 10.3. The van der Waals surface area contributed by atoms with E-state index in [0.717, 1.165) is 67.4 Å². The van der Waals surface area contributed by atoms with Gasteiger partial charge in [0.15, 0.2) is 17.2 Å². The molecular formula is C30H42NO4+. The van der Waals surface area contributed by atoms with E-state index >= 15 is 0 Å². The Kier molecular flexibility index (Phi) is 9.22. The fourth-order valence-electron chi connectivity index (χ4n) is 5.47. The molecule has 4 rings (SSSR count). The minimum atomic E-state index is 0.0812. The van der Waals surface area contributed by atoms with Crippen LogP contribution in [0.1, 0.15) is 77.2 Å². The predicted molar refractivity (Wildman–Crippen MR) is 141 cm³/mol. The number of phenolic OH excluding ortho intramolecular Hbond substituents is 1. The Balaban J connectivity index is 1.24. The lowest BCUT2D eigenvalue weighted by Gasteiger charge is -2.19. The Bertz CT molecular complexity index is 915. The number of hydrogen-bond acceptors (Lipinski definition) is 4. The third-order valence-electron chi connectivity index (χ3n) is 7.77. The number of hydrogen-bond donors (Lipinski definition) is 2. The molecule has 2 atom stereocenters. The molecule has 0 saturated heterocycles. The highest BCUT2D eigenvalue weighted by molar-refractivity contribution is 5.82. The monoisotopic (exact) mass is 480 g/mol. The SMILES string of the molecule is CCCCC1[OH+][C-](CCc2ccc(O)c(OCCC3=C[C+](C(C)C4CCCC4)C=N3)c2)C=C1CO. The van der Waals surface area contributed by atoms with Gasteiger partial charge in [0, 0.05) is 13.0 Å². The topological polar surface area (TPSA) is 74.9 Å². The summed E-state index contributed by atoms with van der Waals surface area (Å²) >= 11 is 0. The maximum Gasteiger partial charge on any atom is 0.178 e. The molecule has 0 spiro atoms. The first-order valence-corrected chi connectivity index (χ1v) is 13.5. The van der Waals surface area contributed by atoms with Gasteiger partial charge in [0.25, 0.3) is 0 Å². The Labute approximate surface area is 211 Å². The number of aliphatic hydroxyl groups is 3. The number of unbranched alkanes of at least 4 members (excludes halogenated alkanes) is 1. The van der Waals surface area contributed by atoms with Gasteiger partial charge in [-0.1, -0.05) is 32.3 Å². The second-order valence-electron chi connectivity index (χ2n) is 10.3. The van der Waals surface area contributed by atoms with Crippen LogP contribution in [0.2, 0.25) is 0 Å². The molecule has 190 valence electrons. The van der Waals surface area contributed by atoms with E-state index in [1.807, 2.05) is 18.3 Å². The van der Waals surface area contributed by atoms with E-state index < -0.39 is 0 Å². The molecule has 5 heteroatoms. The van der Waals surface area contributed by atoms with Crippen LogP contribution in [0.25, 0.3) is 0 Å². The van der Waals surface area contributed by atoms with Gasteiger partial charge in [0.05, 0.1) is 18.4 Å². The maximum absolute atomic E-state index is 10.3. The third-order valence-corrected chi connectivity index (χ3v) is 7.77. The number of allylic oxidation sites excluding steroid dienone is 1. The molecule has 1 aliphatic carbocycles. The van der Waals surface area contributed by atoms with Crippen molar-refractivity contribution in [1.29, 1.82) is 0 Å². The fourth-order valence-corrected chi connectivity index (χ4v) is 5.47. The van der Waals surface area contributed by atoms with Crippen LogP contribution in [0.15, 0.2) is 46.6 Å². The number of aryl methyl sites for hydroxylation is 1. The van der Waals surface area contributed by atoms with Gasteiger partial charge in [-0.05, 0) is 62.6 Å². The number of ether oxygens (including phenoxy) is 2. The zero-order valence-electron chi connectivity index (χ0n) is 21.4. The van der Waals surface area contributed by atoms with E-state index in [1.54, 1.807) is 6.07 Å². The van der Waals surface area contributed by atoms with Crippen LogP contribution in [0, 0.1) is 23.9 Å². The van der Waals surface area contributed by atoms with Crippen LogP contribution in [-0.4, -0.2) is 40.5 Å². The van der Waals surface area contributed by atoms with E-state index in [0.29, 0.717) is 18.3 Å². The number of aliphatic hydroxyl groups excluding tert-OH is 1. The molecule has 2 heterocycles. The Morgan fingerprint density at radius 3 is 2.86 bits per heavy atom. The van der Waals surface area contributed by atoms with Crippen molar-refractivity contribution >= 4 is 6.21 Å². The Morgan fingerprint density at radius 2 is 2.09 bits per heavy atom. The van der Waals surface area contributed by atoms with Gasteiger partial charge in [-0.15, -0.1) is 16.6 Å². The van der Waals surface area contributed by atoms with Gasteiger partial charge < -0.3 is 19.7 Å². The molecule has 0 amide bonds. The lowest BCUT2D eigenvalue weighted by molar-refractivity contribution is -0.0550. The zero-order chi connectivity index (χ0) is 24.6. The lowest BCUT2D eigenvalue weighted by atomic mass is 9.82. The molecule has 1 aromatic carbocycles. The van der Waals surface area contributed by atoms with Crippen LogP contribution >= 0.6 is 0 Å². The van der Waals surface area contributed by atoms with E-state index in [9.17, 15) is 10.2 Å². The van der Waals surface area contributed by atoms with Gasteiger partial charge in [-0.2, -0.15) is 0 Å². The molecule has 0 bridgehead atoms. The largest absolute Gasteiger partial charge is 0.504 e. The van der Waals surface area contributed by atoms with Crippen molar-refractivity contribution in [3.05, 3.63) is 59.2 Å². The smallest absolute Gasteiger partial charge is 0.178 e. The molecule has 5 nitrogen and oxygen atoms in total. The van der Waals surface area contributed by atoms with E-state index in [-0.39, 0.29) is 18.5 Å². The number of rotatable bonds is 13. The summed E-state index contributed by atoms with van der Waals surface area (Å²) in [4.78, 5) is 4.61. The molecule has 1 saturated carbocycles. The predicted octanol–water partition coefficient (Wildman–Crippen LogP) is 6.01. The molecule has 1 fully saturated rings. The number of benzene rings is 1. The number of aliphatic imine (C=N–C) groups is 1. The van der Waals surface area contributed by atoms with Crippen molar-refractivity contribution < 1.29 is 19.7 Å². The van der Waals surface area contributed by atoms with Gasteiger partial charge >= 0.3 is 0 Å². The quantitative estimate of drug-likeness (QED) is 0.268. The van der Waals surface area contributed by atoms with Crippen molar-refractivity contribution in [2.45, 2.75) is 84.2 Å². The summed E-state index contributed by atoms with van der Waals surface area (Å²) in [5, 5.41) is 20.0. The normalized spacial score (nSPS) is 21.1. The molecule has 0 radical (unpaired) electrons. The second kappa shape index (κ2) is 12.5. The van der Waals surface area contributed by atoms with Crippen LogP contribution in [0.4, 0.5) is 0 Å². The van der Waals surface area contributed by atoms with Crippen molar-refractivity contribution in [3.63, 3.8) is 0 Å². The molecule has 35 heavy (non-hydrogen) atoms. The third kappa shape index (κ3) is 6.86. The van der Waals surface area contributed by atoms with Gasteiger partial charge in [0.2, 0.25) is 0 Å². The maximum atomic E-state index is 10.3. The first kappa shape index (κ1) is 25.7. The highest BCUT2D eigenvalue weighted by atomic mass is 16.5. The Morgan fingerprint density at radius 1 is 1.26 bits per heavy atom. The average Bonchev–Trinajstić information content (AvgIpc) is 3.64. The number of phenols is 1. The van der Waals surface area contributed by atoms with Gasteiger partial charge in [-0.25, -0.2) is 0 Å². The van der Waals surface area contributed by atoms with Crippen LogP contribution in [0.5, 0.6) is 11.5 Å². The average molecular weight is 481 g/mol. The van der Waals surface area contributed by atoms with Gasteiger partial charge in [0.1, 0.15) is 30.9 Å². The van der Waals surface area contributed by atoms with Crippen LogP contribution in [0.3, 0.4) is 0 Å². The standard InChI is InChI=1S/C30H41NO4/c1-3-4-9-29-25(20-32)18-27(35-29)12-10-22-11-13-28(33)30(16-22)34-15-14-26-17-24(19-31-26)21(2)23-7-5-6-8-23/h11,13,16-19,21,23,29,32,35H,3-10,12,14-15,20H2,1-2H3/p+1. The molecular weight excluding hydrogens is 438 g/mol. The minimum absolute atomic E-state index is 0.0812. The number of nitrogens with zero attached hydrogens (tertiary/aromatic N) is 1. The van der Waals surface area contributed by atoms with E-state index in [1.165, 1.54) is 31.6 Å². The first-order valence-electron chi connectivity index (χ1n) is 13.5. The number of aromatic hydroxyl groups is 1. The highest BCUT2D eigenvalue weighted by Gasteiger charge is 2.34. The molecule has 3 N–H and O–H groups in total. The molecule has 2 aliphatic heterocycles. The van der Waals surface area contributed by atoms with Crippen molar-refractivity contribution in [1.82, 2.24) is 0 Å². The summed E-state index contributed by atoms with van der Waals surface area (Å²) in [6, 6.07) is 5.59. The fraction of sp³-hybridized carbons (Fsp3) is 0.567. The van der Waals surface area contributed by atoms with Crippen LogP contribution < -0.4 is 4.74 Å². The van der Waals surface area contributed by atoms with E-state index in [4.69, 9.17) is 9.47 Å². The summed E-state index contributed by atoms with van der Waals surface area (Å²) in [6.45, 7) is 5.08.